The minimum Gasteiger partial charge on any atom is -0.377 e. The van der Waals surface area contributed by atoms with E-state index in [9.17, 15) is 9.36 Å². The topological polar surface area (TPSA) is 61.8 Å². The van der Waals surface area contributed by atoms with Gasteiger partial charge in [0.25, 0.3) is 0 Å². The Kier molecular flexibility index (Phi) is 5.33. The van der Waals surface area contributed by atoms with Crippen molar-refractivity contribution in [2.45, 2.75) is 0 Å². The molecule has 0 heterocycles. The molecule has 0 aromatic carbocycles. The number of ether oxygens (including phenoxy) is 1. The van der Waals surface area contributed by atoms with Crippen LogP contribution in [0.4, 0.5) is 0 Å². The first-order valence-corrected chi connectivity index (χ1v) is 5.02. The maximum atomic E-state index is 11.3. The third-order valence-electron chi connectivity index (χ3n) is 1.23. The second-order valence-electron chi connectivity index (χ2n) is 2.11. The zero-order valence-electron chi connectivity index (χ0n) is 7.40. The molecule has 0 amide bonds. The van der Waals surface area contributed by atoms with E-state index in [2.05, 4.69) is 13.8 Å². The fourth-order valence-electron chi connectivity index (χ4n) is 0.626. The Bertz CT molecular complexity index is 182. The molecular weight excluding hydrogens is 183 g/mol. The summed E-state index contributed by atoms with van der Waals surface area (Å²) < 4.78 is 25.0. The van der Waals surface area contributed by atoms with Gasteiger partial charge in [0.1, 0.15) is 12.8 Å². The molecule has 0 aliphatic heterocycles. The first-order valence-electron chi connectivity index (χ1n) is 3.29. The first-order chi connectivity index (χ1) is 5.58. The van der Waals surface area contributed by atoms with Crippen LogP contribution in [0.2, 0.25) is 0 Å². The van der Waals surface area contributed by atoms with Crippen LogP contribution in [0.1, 0.15) is 0 Å². The van der Waals surface area contributed by atoms with Crippen molar-refractivity contribution in [3.8, 4) is 0 Å². The van der Waals surface area contributed by atoms with Gasteiger partial charge in [0.2, 0.25) is 0 Å². The molecule has 0 aromatic heterocycles. The second kappa shape index (κ2) is 5.43. The average molecular weight is 196 g/mol. The molecule has 0 N–H and O–H groups in total. The Morgan fingerprint density at radius 2 is 1.75 bits per heavy atom. The Labute approximate surface area is 71.5 Å². The maximum Gasteiger partial charge on any atom is 0.337 e. The normalized spacial score (nSPS) is 11.6. The third kappa shape index (κ3) is 3.97. The standard InChI is InChI=1S/C6H13O5P/c1-9-4-6(7)5-12(8,10-2)11-3/h4-5H2,1-3H3. The number of ketones is 1. The minimum atomic E-state index is -3.20. The molecule has 12 heavy (non-hydrogen) atoms. The van der Waals surface area contributed by atoms with E-state index in [4.69, 9.17) is 0 Å². The van der Waals surface area contributed by atoms with Gasteiger partial charge in [0, 0.05) is 21.3 Å². The van der Waals surface area contributed by atoms with Crippen LogP contribution in [0.3, 0.4) is 0 Å². The van der Waals surface area contributed by atoms with E-state index in [0.29, 0.717) is 0 Å². The smallest absolute Gasteiger partial charge is 0.337 e. The van der Waals surface area contributed by atoms with Crippen molar-refractivity contribution in [1.82, 2.24) is 0 Å². The lowest BCUT2D eigenvalue weighted by Crippen LogP contribution is -2.13. The Balaban J connectivity index is 4.03. The lowest BCUT2D eigenvalue weighted by molar-refractivity contribution is -0.120. The van der Waals surface area contributed by atoms with Crippen molar-refractivity contribution in [2.24, 2.45) is 0 Å². The quantitative estimate of drug-likeness (QED) is 0.585. The van der Waals surface area contributed by atoms with Crippen LogP contribution >= 0.6 is 7.60 Å². The Morgan fingerprint density at radius 3 is 2.08 bits per heavy atom. The zero-order valence-corrected chi connectivity index (χ0v) is 8.30. The van der Waals surface area contributed by atoms with Crippen molar-refractivity contribution in [1.29, 1.82) is 0 Å². The van der Waals surface area contributed by atoms with Crippen LogP contribution in [0.15, 0.2) is 0 Å². The lowest BCUT2D eigenvalue weighted by Gasteiger charge is -2.11. The molecule has 0 fully saturated rings. The van der Waals surface area contributed by atoms with Gasteiger partial charge in [-0.25, -0.2) is 0 Å². The molecule has 6 heteroatoms. The van der Waals surface area contributed by atoms with Gasteiger partial charge in [-0.1, -0.05) is 0 Å². The molecule has 5 nitrogen and oxygen atoms in total. The predicted octanol–water partition coefficient (Wildman–Crippen LogP) is 0.688. The summed E-state index contributed by atoms with van der Waals surface area (Å²) in [4.78, 5) is 10.9. The van der Waals surface area contributed by atoms with Crippen molar-refractivity contribution >= 4 is 13.4 Å². The molecule has 72 valence electrons. The largest absolute Gasteiger partial charge is 0.377 e. The van der Waals surface area contributed by atoms with Crippen LogP contribution in [-0.2, 0) is 23.1 Å². The highest BCUT2D eigenvalue weighted by atomic mass is 31.2. The van der Waals surface area contributed by atoms with Gasteiger partial charge in [-0.05, 0) is 0 Å². The molecule has 0 radical (unpaired) electrons. The van der Waals surface area contributed by atoms with Gasteiger partial charge in [-0.3, -0.25) is 9.36 Å². The van der Waals surface area contributed by atoms with E-state index in [1.165, 1.54) is 21.3 Å². The number of carbonyl (C=O) groups excluding carboxylic acids is 1. The summed E-state index contributed by atoms with van der Waals surface area (Å²) in [6, 6.07) is 0. The Hall–Kier alpha value is -0.220. The molecule has 0 unspecified atom stereocenters. The number of Topliss-reactive ketones (excluding diaryl/α,β-unsaturated/α-hetero) is 1. The van der Waals surface area contributed by atoms with Crippen LogP contribution in [0, 0.1) is 0 Å². The summed E-state index contributed by atoms with van der Waals surface area (Å²) in [6.45, 7) is -0.0727. The van der Waals surface area contributed by atoms with Crippen LogP contribution in [0.25, 0.3) is 0 Å². The fourth-order valence-corrected chi connectivity index (χ4v) is 1.56. The van der Waals surface area contributed by atoms with E-state index < -0.39 is 7.60 Å². The third-order valence-corrected chi connectivity index (χ3v) is 3.08. The van der Waals surface area contributed by atoms with Crippen LogP contribution < -0.4 is 0 Å². The van der Waals surface area contributed by atoms with Gasteiger partial charge in [0.15, 0.2) is 5.78 Å². The summed E-state index contributed by atoms with van der Waals surface area (Å²) in [5.41, 5.74) is 0. The molecule has 0 saturated carbocycles. The van der Waals surface area contributed by atoms with E-state index in [0.717, 1.165) is 0 Å². The molecule has 0 saturated heterocycles. The van der Waals surface area contributed by atoms with Gasteiger partial charge in [-0.2, -0.15) is 0 Å². The zero-order chi connectivity index (χ0) is 9.61. The highest BCUT2D eigenvalue weighted by Crippen LogP contribution is 2.45. The van der Waals surface area contributed by atoms with Crippen molar-refractivity contribution < 1.29 is 23.1 Å². The SMILES string of the molecule is COCC(=O)CP(=O)(OC)OC. The lowest BCUT2D eigenvalue weighted by atomic mass is 10.5. The number of rotatable bonds is 6. The van der Waals surface area contributed by atoms with Crippen LogP contribution in [0.5, 0.6) is 0 Å². The molecule has 0 rings (SSSR count). The second-order valence-corrected chi connectivity index (χ2v) is 4.37. The predicted molar refractivity (Wildman–Crippen MR) is 43.4 cm³/mol. The van der Waals surface area contributed by atoms with E-state index >= 15 is 0 Å². The monoisotopic (exact) mass is 196 g/mol. The number of hydrogen-bond donors (Lipinski definition) is 0. The summed E-state index contributed by atoms with van der Waals surface area (Å²) in [5, 5.41) is 0. The molecule has 0 bridgehead atoms. The maximum absolute atomic E-state index is 11.3. The van der Waals surface area contributed by atoms with Crippen molar-refractivity contribution in [3.05, 3.63) is 0 Å². The summed E-state index contributed by atoms with van der Waals surface area (Å²) >= 11 is 0. The number of methoxy groups -OCH3 is 1. The van der Waals surface area contributed by atoms with E-state index in [-0.39, 0.29) is 18.6 Å². The number of hydrogen-bond acceptors (Lipinski definition) is 5. The van der Waals surface area contributed by atoms with Gasteiger partial charge >= 0.3 is 7.60 Å². The number of carbonyl (C=O) groups is 1. The Morgan fingerprint density at radius 1 is 1.25 bits per heavy atom. The molecular formula is C6H13O5P. The molecule has 0 spiro atoms. The molecule has 0 aromatic rings. The fraction of sp³-hybridized carbons (Fsp3) is 0.833. The van der Waals surface area contributed by atoms with Crippen LogP contribution in [-0.4, -0.2) is 39.9 Å². The van der Waals surface area contributed by atoms with Crippen molar-refractivity contribution in [3.63, 3.8) is 0 Å². The van der Waals surface area contributed by atoms with E-state index in [1.807, 2.05) is 0 Å². The minimum absolute atomic E-state index is 0.0727. The summed E-state index contributed by atoms with van der Waals surface area (Å²) in [7, 11) is 0.676. The van der Waals surface area contributed by atoms with Gasteiger partial charge in [-0.15, -0.1) is 0 Å². The first kappa shape index (κ1) is 11.8. The van der Waals surface area contributed by atoms with Crippen molar-refractivity contribution in [2.75, 3.05) is 34.1 Å². The highest BCUT2D eigenvalue weighted by molar-refractivity contribution is 7.54. The van der Waals surface area contributed by atoms with Gasteiger partial charge < -0.3 is 13.8 Å². The summed E-state index contributed by atoms with van der Waals surface area (Å²) in [5.74, 6) is -0.301. The molecule has 0 atom stereocenters. The molecule has 0 aliphatic carbocycles. The average Bonchev–Trinajstić information content (AvgIpc) is 2.05. The molecule has 0 aliphatic rings. The summed E-state index contributed by atoms with van der Waals surface area (Å²) in [6.07, 6.45) is -0.242. The highest BCUT2D eigenvalue weighted by Gasteiger charge is 2.24. The van der Waals surface area contributed by atoms with Gasteiger partial charge in [0.05, 0.1) is 0 Å². The van der Waals surface area contributed by atoms with E-state index in [1.54, 1.807) is 0 Å².